The third kappa shape index (κ3) is 2.79. The molecule has 88 valence electrons. The molecule has 0 bridgehead atoms. The number of hydrogen-bond acceptors (Lipinski definition) is 2. The molecule has 1 amide bonds. The lowest BCUT2D eigenvalue weighted by atomic mass is 10.0. The summed E-state index contributed by atoms with van der Waals surface area (Å²) in [6.07, 6.45) is 0. The Balaban J connectivity index is 2.99. The van der Waals surface area contributed by atoms with Crippen molar-refractivity contribution in [3.8, 4) is 0 Å². The molecule has 0 aliphatic carbocycles. The van der Waals surface area contributed by atoms with Gasteiger partial charge in [-0.05, 0) is 45.0 Å². The summed E-state index contributed by atoms with van der Waals surface area (Å²) >= 11 is 0. The molecule has 1 aromatic rings. The normalized spacial score (nSPS) is 11.3. The SMILES string of the molecule is CCN(C(=O)C(C)(C)N)c1ccc(F)cc1. The topological polar surface area (TPSA) is 46.3 Å². The molecule has 0 radical (unpaired) electrons. The monoisotopic (exact) mass is 224 g/mol. The van der Waals surface area contributed by atoms with E-state index < -0.39 is 5.54 Å². The fourth-order valence-corrected chi connectivity index (χ4v) is 1.41. The molecular weight excluding hydrogens is 207 g/mol. The third-order valence-corrected chi connectivity index (χ3v) is 2.25. The van der Waals surface area contributed by atoms with E-state index in [2.05, 4.69) is 0 Å². The molecular formula is C12H17FN2O. The highest BCUT2D eigenvalue weighted by molar-refractivity contribution is 5.99. The molecule has 1 rings (SSSR count). The minimum atomic E-state index is -0.926. The van der Waals surface area contributed by atoms with Crippen LogP contribution in [0.15, 0.2) is 24.3 Å². The summed E-state index contributed by atoms with van der Waals surface area (Å²) in [4.78, 5) is 13.5. The van der Waals surface area contributed by atoms with Crippen LogP contribution in [-0.2, 0) is 4.79 Å². The van der Waals surface area contributed by atoms with Gasteiger partial charge in [0.1, 0.15) is 5.82 Å². The largest absolute Gasteiger partial charge is 0.318 e. The number of benzene rings is 1. The zero-order chi connectivity index (χ0) is 12.3. The van der Waals surface area contributed by atoms with Crippen LogP contribution < -0.4 is 10.6 Å². The molecule has 0 saturated heterocycles. The fourth-order valence-electron chi connectivity index (χ4n) is 1.41. The average molecular weight is 224 g/mol. The predicted molar refractivity (Wildman–Crippen MR) is 62.7 cm³/mol. The molecule has 3 nitrogen and oxygen atoms in total. The summed E-state index contributed by atoms with van der Waals surface area (Å²) in [5, 5.41) is 0. The van der Waals surface area contributed by atoms with Crippen LogP contribution in [0.5, 0.6) is 0 Å². The van der Waals surface area contributed by atoms with E-state index in [1.807, 2.05) is 6.92 Å². The second kappa shape index (κ2) is 4.61. The number of hydrogen-bond donors (Lipinski definition) is 1. The van der Waals surface area contributed by atoms with Gasteiger partial charge in [0.2, 0.25) is 5.91 Å². The second-order valence-corrected chi connectivity index (χ2v) is 4.25. The van der Waals surface area contributed by atoms with Crippen LogP contribution in [0, 0.1) is 5.82 Å². The highest BCUT2D eigenvalue weighted by Crippen LogP contribution is 2.17. The Labute approximate surface area is 95.0 Å². The smallest absolute Gasteiger partial charge is 0.246 e. The van der Waals surface area contributed by atoms with Crippen LogP contribution in [0.2, 0.25) is 0 Å². The first-order valence-corrected chi connectivity index (χ1v) is 5.22. The quantitative estimate of drug-likeness (QED) is 0.852. The molecule has 0 aliphatic rings. The fraction of sp³-hybridized carbons (Fsp3) is 0.417. The van der Waals surface area contributed by atoms with Crippen molar-refractivity contribution in [2.45, 2.75) is 26.3 Å². The van der Waals surface area contributed by atoms with Crippen LogP contribution >= 0.6 is 0 Å². The van der Waals surface area contributed by atoms with E-state index in [0.29, 0.717) is 12.2 Å². The van der Waals surface area contributed by atoms with Gasteiger partial charge in [0.25, 0.3) is 0 Å². The molecule has 0 saturated carbocycles. The van der Waals surface area contributed by atoms with E-state index in [-0.39, 0.29) is 11.7 Å². The molecule has 2 N–H and O–H groups in total. The van der Waals surface area contributed by atoms with E-state index in [1.54, 1.807) is 30.9 Å². The van der Waals surface area contributed by atoms with Crippen molar-refractivity contribution in [2.75, 3.05) is 11.4 Å². The number of halogens is 1. The highest BCUT2D eigenvalue weighted by Gasteiger charge is 2.27. The van der Waals surface area contributed by atoms with Crippen molar-refractivity contribution in [2.24, 2.45) is 5.73 Å². The van der Waals surface area contributed by atoms with Crippen LogP contribution in [0.25, 0.3) is 0 Å². The van der Waals surface area contributed by atoms with Crippen LogP contribution in [-0.4, -0.2) is 18.0 Å². The van der Waals surface area contributed by atoms with Crippen molar-refractivity contribution in [3.05, 3.63) is 30.1 Å². The first-order chi connectivity index (χ1) is 7.36. The Bertz CT molecular complexity index is 368. The van der Waals surface area contributed by atoms with Crippen LogP contribution in [0.4, 0.5) is 10.1 Å². The number of amides is 1. The zero-order valence-electron chi connectivity index (χ0n) is 9.83. The Hall–Kier alpha value is -1.42. The van der Waals surface area contributed by atoms with Crippen LogP contribution in [0.3, 0.4) is 0 Å². The molecule has 0 aromatic heterocycles. The summed E-state index contributed by atoms with van der Waals surface area (Å²) in [5.74, 6) is -0.499. The van der Waals surface area contributed by atoms with Gasteiger partial charge in [-0.1, -0.05) is 0 Å². The predicted octanol–water partition coefficient (Wildman–Crippen LogP) is 1.92. The van der Waals surface area contributed by atoms with Gasteiger partial charge in [-0.15, -0.1) is 0 Å². The van der Waals surface area contributed by atoms with Gasteiger partial charge in [0.05, 0.1) is 5.54 Å². The molecule has 4 heteroatoms. The number of carbonyl (C=O) groups excluding carboxylic acids is 1. The van der Waals surface area contributed by atoms with Crippen molar-refractivity contribution in [1.82, 2.24) is 0 Å². The van der Waals surface area contributed by atoms with Crippen molar-refractivity contribution < 1.29 is 9.18 Å². The maximum absolute atomic E-state index is 12.8. The lowest BCUT2D eigenvalue weighted by Crippen LogP contribution is -2.51. The lowest BCUT2D eigenvalue weighted by Gasteiger charge is -2.28. The van der Waals surface area contributed by atoms with Gasteiger partial charge in [-0.25, -0.2) is 4.39 Å². The highest BCUT2D eigenvalue weighted by atomic mass is 19.1. The van der Waals surface area contributed by atoms with E-state index in [0.717, 1.165) is 0 Å². The maximum atomic E-state index is 12.8. The molecule has 0 spiro atoms. The van der Waals surface area contributed by atoms with Gasteiger partial charge in [0, 0.05) is 12.2 Å². The Kier molecular flexibility index (Phi) is 3.65. The van der Waals surface area contributed by atoms with Crippen molar-refractivity contribution >= 4 is 11.6 Å². The Morgan fingerprint density at radius 2 is 1.88 bits per heavy atom. The van der Waals surface area contributed by atoms with E-state index in [9.17, 15) is 9.18 Å². The summed E-state index contributed by atoms with van der Waals surface area (Å²) in [6.45, 7) is 5.67. The van der Waals surface area contributed by atoms with Crippen molar-refractivity contribution in [3.63, 3.8) is 0 Å². The summed E-state index contributed by atoms with van der Waals surface area (Å²) < 4.78 is 12.8. The molecule has 0 fully saturated rings. The maximum Gasteiger partial charge on any atom is 0.246 e. The summed E-state index contributed by atoms with van der Waals surface area (Å²) in [5.41, 5.74) is 5.49. The van der Waals surface area contributed by atoms with E-state index in [1.165, 1.54) is 12.1 Å². The summed E-state index contributed by atoms with van der Waals surface area (Å²) in [6, 6.07) is 5.80. The third-order valence-electron chi connectivity index (χ3n) is 2.25. The van der Waals surface area contributed by atoms with E-state index in [4.69, 9.17) is 5.73 Å². The summed E-state index contributed by atoms with van der Waals surface area (Å²) in [7, 11) is 0. The zero-order valence-corrected chi connectivity index (χ0v) is 9.83. The van der Waals surface area contributed by atoms with Gasteiger partial charge in [-0.3, -0.25) is 4.79 Å². The molecule has 16 heavy (non-hydrogen) atoms. The number of rotatable bonds is 3. The number of carbonyl (C=O) groups is 1. The van der Waals surface area contributed by atoms with Crippen LogP contribution in [0.1, 0.15) is 20.8 Å². The van der Waals surface area contributed by atoms with E-state index >= 15 is 0 Å². The Morgan fingerprint density at radius 3 is 2.25 bits per heavy atom. The number of anilines is 1. The van der Waals surface area contributed by atoms with Gasteiger partial charge >= 0.3 is 0 Å². The molecule has 0 atom stereocenters. The second-order valence-electron chi connectivity index (χ2n) is 4.25. The van der Waals surface area contributed by atoms with Gasteiger partial charge in [-0.2, -0.15) is 0 Å². The Morgan fingerprint density at radius 1 is 1.38 bits per heavy atom. The number of nitrogens with zero attached hydrogens (tertiary/aromatic N) is 1. The average Bonchev–Trinajstić information content (AvgIpc) is 2.20. The minimum Gasteiger partial charge on any atom is -0.318 e. The van der Waals surface area contributed by atoms with Gasteiger partial charge in [0.15, 0.2) is 0 Å². The molecule has 1 aromatic carbocycles. The number of likely N-dealkylation sites (N-methyl/N-ethyl adjacent to an activating group) is 1. The lowest BCUT2D eigenvalue weighted by molar-refractivity contribution is -0.122. The first-order valence-electron chi connectivity index (χ1n) is 5.22. The standard InChI is InChI=1S/C12H17FN2O/c1-4-15(11(16)12(2,3)14)10-7-5-9(13)6-8-10/h5-8H,4,14H2,1-3H3. The molecule has 0 unspecified atom stereocenters. The van der Waals surface area contributed by atoms with Crippen molar-refractivity contribution in [1.29, 1.82) is 0 Å². The minimum absolute atomic E-state index is 0.179. The molecule has 0 aliphatic heterocycles. The number of nitrogens with two attached hydrogens (primary N) is 1. The first kappa shape index (κ1) is 12.6. The molecule has 0 heterocycles. The van der Waals surface area contributed by atoms with Gasteiger partial charge < -0.3 is 10.6 Å².